The molecule has 1 aromatic carbocycles. The highest BCUT2D eigenvalue weighted by Gasteiger charge is 2.40. The van der Waals surface area contributed by atoms with Crippen molar-refractivity contribution in [1.82, 2.24) is 0 Å². The summed E-state index contributed by atoms with van der Waals surface area (Å²) in [6, 6.07) is 6.12. The van der Waals surface area contributed by atoms with Crippen LogP contribution in [0.25, 0.3) is 0 Å². The van der Waals surface area contributed by atoms with Gasteiger partial charge < -0.3 is 10.8 Å². The Morgan fingerprint density at radius 1 is 1.42 bits per heavy atom. The van der Waals surface area contributed by atoms with Gasteiger partial charge in [0.1, 0.15) is 0 Å². The highest BCUT2D eigenvalue weighted by atomic mass is 79.9. The maximum atomic E-state index is 10.8. The monoisotopic (exact) mass is 325 g/mol. The van der Waals surface area contributed by atoms with E-state index in [2.05, 4.69) is 35.8 Å². The molecular formula is C16H24BrNO. The summed E-state index contributed by atoms with van der Waals surface area (Å²) in [5.74, 6) is 0.761. The first-order valence-electron chi connectivity index (χ1n) is 7.13. The van der Waals surface area contributed by atoms with E-state index in [1.54, 1.807) is 0 Å². The van der Waals surface area contributed by atoms with Crippen molar-refractivity contribution in [3.63, 3.8) is 0 Å². The molecule has 106 valence electrons. The SMILES string of the molecule is Cc1ccc(C(O)C2(CN)CCC(C)CC2)cc1Br. The maximum Gasteiger partial charge on any atom is 0.0858 e. The van der Waals surface area contributed by atoms with E-state index < -0.39 is 6.10 Å². The molecule has 0 radical (unpaired) electrons. The summed E-state index contributed by atoms with van der Waals surface area (Å²) in [4.78, 5) is 0. The average Bonchev–Trinajstić information content (AvgIpc) is 2.42. The number of hydrogen-bond donors (Lipinski definition) is 2. The molecule has 2 nitrogen and oxygen atoms in total. The second-order valence-electron chi connectivity index (χ2n) is 6.16. The van der Waals surface area contributed by atoms with Crippen LogP contribution >= 0.6 is 15.9 Å². The standard InChI is InChI=1S/C16H24BrNO/c1-11-5-7-16(10-18,8-6-11)15(19)13-4-3-12(2)14(17)9-13/h3-4,9,11,15,19H,5-8,10,18H2,1-2H3. The first-order valence-corrected chi connectivity index (χ1v) is 7.92. The molecule has 0 spiro atoms. The molecule has 0 aromatic heterocycles. The lowest BCUT2D eigenvalue weighted by atomic mass is 9.66. The van der Waals surface area contributed by atoms with Crippen molar-refractivity contribution in [2.45, 2.75) is 45.6 Å². The number of nitrogens with two attached hydrogens (primary N) is 1. The van der Waals surface area contributed by atoms with E-state index in [0.29, 0.717) is 6.54 Å². The lowest BCUT2D eigenvalue weighted by Gasteiger charge is -2.42. The Labute approximate surface area is 124 Å². The third-order valence-corrected chi connectivity index (χ3v) is 5.62. The van der Waals surface area contributed by atoms with Gasteiger partial charge in [-0.1, -0.05) is 47.8 Å². The fourth-order valence-corrected chi connectivity index (χ4v) is 3.46. The fourth-order valence-electron chi connectivity index (χ4n) is 3.06. The van der Waals surface area contributed by atoms with Gasteiger partial charge in [0.25, 0.3) is 0 Å². The molecule has 2 rings (SSSR count). The van der Waals surface area contributed by atoms with Crippen LogP contribution in [-0.2, 0) is 0 Å². The van der Waals surface area contributed by atoms with Crippen LogP contribution in [0.2, 0.25) is 0 Å². The Morgan fingerprint density at radius 3 is 2.58 bits per heavy atom. The number of benzene rings is 1. The normalized spacial score (nSPS) is 29.2. The van der Waals surface area contributed by atoms with E-state index >= 15 is 0 Å². The molecule has 1 fully saturated rings. The molecule has 0 aliphatic heterocycles. The topological polar surface area (TPSA) is 46.2 Å². The number of aryl methyl sites for hydroxylation is 1. The van der Waals surface area contributed by atoms with E-state index in [9.17, 15) is 5.11 Å². The van der Waals surface area contributed by atoms with E-state index in [1.165, 1.54) is 18.4 Å². The molecule has 19 heavy (non-hydrogen) atoms. The molecule has 1 unspecified atom stereocenters. The van der Waals surface area contributed by atoms with Crippen LogP contribution in [0.5, 0.6) is 0 Å². The number of aliphatic hydroxyl groups excluding tert-OH is 1. The van der Waals surface area contributed by atoms with Crippen molar-refractivity contribution in [2.24, 2.45) is 17.1 Å². The van der Waals surface area contributed by atoms with Crippen LogP contribution in [0.4, 0.5) is 0 Å². The first kappa shape index (κ1) is 15.0. The lowest BCUT2D eigenvalue weighted by Crippen LogP contribution is -2.40. The third-order valence-electron chi connectivity index (χ3n) is 4.77. The fraction of sp³-hybridized carbons (Fsp3) is 0.625. The van der Waals surface area contributed by atoms with Gasteiger partial charge in [-0.15, -0.1) is 0 Å². The first-order chi connectivity index (χ1) is 8.98. The van der Waals surface area contributed by atoms with E-state index in [1.807, 2.05) is 12.1 Å². The Balaban J connectivity index is 2.25. The predicted octanol–water partition coefficient (Wildman–Crippen LogP) is 3.95. The zero-order chi connectivity index (χ0) is 14.0. The smallest absolute Gasteiger partial charge is 0.0858 e. The molecule has 3 heteroatoms. The van der Waals surface area contributed by atoms with Crippen molar-refractivity contribution in [1.29, 1.82) is 0 Å². The number of aliphatic hydroxyl groups is 1. The third kappa shape index (κ3) is 3.04. The summed E-state index contributed by atoms with van der Waals surface area (Å²) in [7, 11) is 0. The van der Waals surface area contributed by atoms with Crippen LogP contribution in [0, 0.1) is 18.3 Å². The molecule has 0 amide bonds. The molecule has 3 N–H and O–H groups in total. The number of rotatable bonds is 3. The summed E-state index contributed by atoms with van der Waals surface area (Å²) >= 11 is 3.55. The zero-order valence-corrected chi connectivity index (χ0v) is 13.4. The van der Waals surface area contributed by atoms with Gasteiger partial charge in [-0.2, -0.15) is 0 Å². The predicted molar refractivity (Wildman–Crippen MR) is 83.0 cm³/mol. The summed E-state index contributed by atoms with van der Waals surface area (Å²) in [6.07, 6.45) is 3.93. The molecular weight excluding hydrogens is 302 g/mol. The van der Waals surface area contributed by atoms with Gasteiger partial charge in [-0.3, -0.25) is 0 Å². The highest BCUT2D eigenvalue weighted by molar-refractivity contribution is 9.10. The van der Waals surface area contributed by atoms with Gasteiger partial charge in [0.2, 0.25) is 0 Å². The minimum atomic E-state index is -0.457. The largest absolute Gasteiger partial charge is 0.388 e. The van der Waals surface area contributed by atoms with Gasteiger partial charge in [-0.05, 0) is 42.9 Å². The minimum absolute atomic E-state index is 0.138. The van der Waals surface area contributed by atoms with Gasteiger partial charge >= 0.3 is 0 Å². The highest BCUT2D eigenvalue weighted by Crippen LogP contribution is 2.47. The van der Waals surface area contributed by atoms with Crippen LogP contribution in [-0.4, -0.2) is 11.7 Å². The van der Waals surface area contributed by atoms with Gasteiger partial charge in [0.15, 0.2) is 0 Å². The molecule has 1 aromatic rings. The van der Waals surface area contributed by atoms with Gasteiger partial charge in [0.05, 0.1) is 6.10 Å². The van der Waals surface area contributed by atoms with Crippen LogP contribution in [0.3, 0.4) is 0 Å². The Hall–Kier alpha value is -0.380. The van der Waals surface area contributed by atoms with Crippen molar-refractivity contribution >= 4 is 15.9 Å². The molecule has 0 bridgehead atoms. The van der Waals surface area contributed by atoms with Gasteiger partial charge in [0, 0.05) is 16.4 Å². The summed E-state index contributed by atoms with van der Waals surface area (Å²) in [5, 5.41) is 10.8. The van der Waals surface area contributed by atoms with Crippen LogP contribution < -0.4 is 5.73 Å². The summed E-state index contributed by atoms with van der Waals surface area (Å²) in [6.45, 7) is 4.91. The van der Waals surface area contributed by atoms with Crippen molar-refractivity contribution in [3.8, 4) is 0 Å². The van der Waals surface area contributed by atoms with E-state index in [0.717, 1.165) is 28.8 Å². The van der Waals surface area contributed by atoms with Crippen molar-refractivity contribution < 1.29 is 5.11 Å². The molecule has 1 atom stereocenters. The number of halogens is 1. The molecule has 1 aliphatic rings. The maximum absolute atomic E-state index is 10.8. The van der Waals surface area contributed by atoms with Crippen molar-refractivity contribution in [3.05, 3.63) is 33.8 Å². The average molecular weight is 326 g/mol. The number of hydrogen-bond acceptors (Lipinski definition) is 2. The van der Waals surface area contributed by atoms with Crippen LogP contribution in [0.15, 0.2) is 22.7 Å². The lowest BCUT2D eigenvalue weighted by molar-refractivity contribution is -0.00822. The van der Waals surface area contributed by atoms with Crippen molar-refractivity contribution in [2.75, 3.05) is 6.54 Å². The van der Waals surface area contributed by atoms with Gasteiger partial charge in [-0.25, -0.2) is 0 Å². The van der Waals surface area contributed by atoms with E-state index in [-0.39, 0.29) is 5.41 Å². The second-order valence-corrected chi connectivity index (χ2v) is 7.01. The molecule has 0 heterocycles. The Bertz CT molecular complexity index is 438. The second kappa shape index (κ2) is 5.94. The Kier molecular flexibility index (Phi) is 4.70. The molecule has 0 saturated heterocycles. The molecule has 1 saturated carbocycles. The minimum Gasteiger partial charge on any atom is -0.388 e. The van der Waals surface area contributed by atoms with Crippen LogP contribution in [0.1, 0.15) is 49.8 Å². The van der Waals surface area contributed by atoms with E-state index in [4.69, 9.17) is 5.73 Å². The zero-order valence-electron chi connectivity index (χ0n) is 11.8. The summed E-state index contributed by atoms with van der Waals surface area (Å²) in [5.41, 5.74) is 8.05. The quantitative estimate of drug-likeness (QED) is 0.883. The Morgan fingerprint density at radius 2 is 2.05 bits per heavy atom. The molecule has 1 aliphatic carbocycles. The summed E-state index contributed by atoms with van der Waals surface area (Å²) < 4.78 is 1.06.